The van der Waals surface area contributed by atoms with Crippen LogP contribution in [0.2, 0.25) is 5.02 Å². The number of carbonyl (C=O) groups excluding carboxylic acids is 1. The van der Waals surface area contributed by atoms with Gasteiger partial charge in [-0.3, -0.25) is 4.79 Å². The number of ketones is 1. The van der Waals surface area contributed by atoms with Gasteiger partial charge in [0.25, 0.3) is 0 Å². The lowest BCUT2D eigenvalue weighted by atomic mass is 9.88. The summed E-state index contributed by atoms with van der Waals surface area (Å²) in [5, 5.41) is 5.08. The maximum Gasteiger partial charge on any atom is 0.166 e. The first-order valence-electron chi connectivity index (χ1n) is 6.43. The van der Waals surface area contributed by atoms with Crippen LogP contribution in [-0.4, -0.2) is 15.6 Å². The Hall–Kier alpha value is -1.61. The van der Waals surface area contributed by atoms with Gasteiger partial charge in [-0.05, 0) is 37.0 Å². The molecule has 1 aromatic heterocycles. The fourth-order valence-corrected chi connectivity index (χ4v) is 2.74. The highest BCUT2D eigenvalue weighted by molar-refractivity contribution is 6.31. The second-order valence-corrected chi connectivity index (χ2v) is 5.69. The van der Waals surface area contributed by atoms with E-state index in [1.54, 1.807) is 6.20 Å². The molecule has 0 N–H and O–H groups in total. The molecule has 0 radical (unpaired) electrons. The number of aromatic nitrogens is 2. The van der Waals surface area contributed by atoms with Crippen LogP contribution in [0.1, 0.15) is 35.0 Å². The summed E-state index contributed by atoms with van der Waals surface area (Å²) < 4.78 is 1.84. The molecule has 0 spiro atoms. The van der Waals surface area contributed by atoms with E-state index in [4.69, 9.17) is 11.6 Å². The molecular formula is C15H15ClN2O. The summed E-state index contributed by atoms with van der Waals surface area (Å²) in [4.78, 5) is 12.0. The van der Waals surface area contributed by atoms with Crippen molar-refractivity contribution in [2.45, 2.75) is 26.7 Å². The van der Waals surface area contributed by atoms with Crippen LogP contribution in [0.15, 0.2) is 24.4 Å². The second kappa shape index (κ2) is 4.49. The Morgan fingerprint density at radius 2 is 2.16 bits per heavy atom. The number of nitrogens with zero attached hydrogens (tertiary/aromatic N) is 2. The fourth-order valence-electron chi connectivity index (χ4n) is 2.57. The number of carbonyl (C=O) groups is 1. The molecule has 1 unspecified atom stereocenters. The summed E-state index contributed by atoms with van der Waals surface area (Å²) in [5.74, 6) is 0.564. The molecule has 3 rings (SSSR count). The maximum absolute atomic E-state index is 12.0. The van der Waals surface area contributed by atoms with Gasteiger partial charge in [0.1, 0.15) is 0 Å². The van der Waals surface area contributed by atoms with Crippen LogP contribution in [-0.2, 0) is 6.42 Å². The summed E-state index contributed by atoms with van der Waals surface area (Å²) in [7, 11) is 0. The molecule has 1 aromatic carbocycles. The number of fused-ring (bicyclic) bond motifs is 1. The Balaban J connectivity index is 2.12. The minimum absolute atomic E-state index is 0.193. The molecule has 19 heavy (non-hydrogen) atoms. The molecule has 0 bridgehead atoms. The highest BCUT2D eigenvalue weighted by Gasteiger charge is 2.26. The lowest BCUT2D eigenvalue weighted by Crippen LogP contribution is -2.19. The Kier molecular flexibility index (Phi) is 2.94. The van der Waals surface area contributed by atoms with Gasteiger partial charge in [0.2, 0.25) is 0 Å². The molecule has 1 aliphatic carbocycles. The van der Waals surface area contributed by atoms with Crippen molar-refractivity contribution in [3.63, 3.8) is 0 Å². The van der Waals surface area contributed by atoms with E-state index in [0.717, 1.165) is 34.0 Å². The van der Waals surface area contributed by atoms with E-state index in [2.05, 4.69) is 12.0 Å². The van der Waals surface area contributed by atoms with Crippen LogP contribution in [0.5, 0.6) is 0 Å². The predicted octanol–water partition coefficient (Wildman–Crippen LogP) is 3.60. The van der Waals surface area contributed by atoms with Crippen molar-refractivity contribution in [2.24, 2.45) is 5.92 Å². The molecule has 1 atom stereocenters. The molecule has 3 nitrogen and oxygen atoms in total. The van der Waals surface area contributed by atoms with E-state index < -0.39 is 0 Å². The van der Waals surface area contributed by atoms with Crippen LogP contribution in [0.25, 0.3) is 5.69 Å². The SMILES string of the molecule is Cc1ccc(-n2ncc3c2CC(C)CC3=O)cc1Cl. The predicted molar refractivity (Wildman–Crippen MR) is 75.1 cm³/mol. The Bertz CT molecular complexity index is 660. The minimum atomic E-state index is 0.193. The topological polar surface area (TPSA) is 34.9 Å². The zero-order valence-corrected chi connectivity index (χ0v) is 11.7. The van der Waals surface area contributed by atoms with Gasteiger partial charge < -0.3 is 0 Å². The Morgan fingerprint density at radius 3 is 2.89 bits per heavy atom. The number of hydrogen-bond donors (Lipinski definition) is 0. The van der Waals surface area contributed by atoms with Crippen LogP contribution >= 0.6 is 11.6 Å². The number of hydrogen-bond acceptors (Lipinski definition) is 2. The molecular weight excluding hydrogens is 260 g/mol. The van der Waals surface area contributed by atoms with Crippen LogP contribution < -0.4 is 0 Å². The van der Waals surface area contributed by atoms with E-state index in [9.17, 15) is 4.79 Å². The first kappa shape index (κ1) is 12.4. The first-order chi connectivity index (χ1) is 9.06. The number of benzene rings is 1. The molecule has 1 aliphatic rings. The fraction of sp³-hybridized carbons (Fsp3) is 0.333. The zero-order chi connectivity index (χ0) is 13.6. The number of Topliss-reactive ketones (excluding diaryl/α,β-unsaturated/α-hetero) is 1. The Labute approximate surface area is 117 Å². The molecule has 0 saturated carbocycles. The number of halogens is 1. The average molecular weight is 275 g/mol. The van der Waals surface area contributed by atoms with Gasteiger partial charge in [0.15, 0.2) is 5.78 Å². The lowest BCUT2D eigenvalue weighted by Gasteiger charge is -2.19. The summed E-state index contributed by atoms with van der Waals surface area (Å²) in [6, 6.07) is 5.85. The van der Waals surface area contributed by atoms with Crippen LogP contribution in [0.4, 0.5) is 0 Å². The summed E-state index contributed by atoms with van der Waals surface area (Å²) >= 11 is 6.16. The lowest BCUT2D eigenvalue weighted by molar-refractivity contribution is 0.0952. The molecule has 4 heteroatoms. The second-order valence-electron chi connectivity index (χ2n) is 5.29. The minimum Gasteiger partial charge on any atom is -0.294 e. The van der Waals surface area contributed by atoms with Crippen molar-refractivity contribution < 1.29 is 4.79 Å². The van der Waals surface area contributed by atoms with E-state index in [1.807, 2.05) is 29.8 Å². The summed E-state index contributed by atoms with van der Waals surface area (Å²) in [6.07, 6.45) is 3.18. The quantitative estimate of drug-likeness (QED) is 0.796. The molecule has 0 amide bonds. The molecule has 0 aliphatic heterocycles. The van der Waals surface area contributed by atoms with Crippen molar-refractivity contribution in [3.8, 4) is 5.69 Å². The molecule has 1 heterocycles. The van der Waals surface area contributed by atoms with E-state index >= 15 is 0 Å². The standard InChI is InChI=1S/C15H15ClN2O/c1-9-5-14-12(15(19)6-9)8-17-18(14)11-4-3-10(2)13(16)7-11/h3-4,7-9H,5-6H2,1-2H3. The van der Waals surface area contributed by atoms with Crippen LogP contribution in [0.3, 0.4) is 0 Å². The van der Waals surface area contributed by atoms with Gasteiger partial charge in [-0.25, -0.2) is 4.68 Å². The van der Waals surface area contributed by atoms with Gasteiger partial charge in [0.05, 0.1) is 23.1 Å². The van der Waals surface area contributed by atoms with E-state index in [1.165, 1.54) is 0 Å². The molecule has 98 valence electrons. The average Bonchev–Trinajstić information content (AvgIpc) is 2.76. The highest BCUT2D eigenvalue weighted by Crippen LogP contribution is 2.28. The molecule has 2 aromatic rings. The van der Waals surface area contributed by atoms with E-state index in [0.29, 0.717) is 12.3 Å². The van der Waals surface area contributed by atoms with Crippen molar-refractivity contribution in [1.29, 1.82) is 0 Å². The summed E-state index contributed by atoms with van der Waals surface area (Å²) in [6.45, 7) is 4.07. The van der Waals surface area contributed by atoms with Crippen molar-refractivity contribution >= 4 is 17.4 Å². The molecule has 0 saturated heterocycles. The van der Waals surface area contributed by atoms with E-state index in [-0.39, 0.29) is 5.78 Å². The third-order valence-electron chi connectivity index (χ3n) is 3.64. The van der Waals surface area contributed by atoms with Crippen LogP contribution in [0, 0.1) is 12.8 Å². The first-order valence-corrected chi connectivity index (χ1v) is 6.80. The van der Waals surface area contributed by atoms with Gasteiger partial charge in [-0.1, -0.05) is 24.6 Å². The maximum atomic E-state index is 12.0. The van der Waals surface area contributed by atoms with Crippen molar-refractivity contribution in [2.75, 3.05) is 0 Å². The number of aryl methyl sites for hydroxylation is 1. The smallest absolute Gasteiger partial charge is 0.166 e. The van der Waals surface area contributed by atoms with Gasteiger partial charge >= 0.3 is 0 Å². The monoisotopic (exact) mass is 274 g/mol. The highest BCUT2D eigenvalue weighted by atomic mass is 35.5. The molecule has 0 fully saturated rings. The normalized spacial score (nSPS) is 18.5. The van der Waals surface area contributed by atoms with Gasteiger partial charge in [-0.15, -0.1) is 0 Å². The van der Waals surface area contributed by atoms with Gasteiger partial charge in [-0.2, -0.15) is 5.10 Å². The number of rotatable bonds is 1. The third kappa shape index (κ3) is 2.08. The van der Waals surface area contributed by atoms with Gasteiger partial charge in [0, 0.05) is 11.4 Å². The summed E-state index contributed by atoms with van der Waals surface area (Å²) in [5.41, 5.74) is 3.72. The largest absolute Gasteiger partial charge is 0.294 e. The third-order valence-corrected chi connectivity index (χ3v) is 4.05. The van der Waals surface area contributed by atoms with Crippen molar-refractivity contribution in [1.82, 2.24) is 9.78 Å². The Morgan fingerprint density at radius 1 is 1.37 bits per heavy atom. The zero-order valence-electron chi connectivity index (χ0n) is 11.0. The van der Waals surface area contributed by atoms with Crippen molar-refractivity contribution in [3.05, 3.63) is 46.2 Å².